The van der Waals surface area contributed by atoms with Crippen molar-refractivity contribution < 1.29 is 9.53 Å². The van der Waals surface area contributed by atoms with Crippen molar-refractivity contribution in [3.63, 3.8) is 0 Å². The minimum absolute atomic E-state index is 0.185. The maximum absolute atomic E-state index is 10.4. The van der Waals surface area contributed by atoms with Crippen LogP contribution in [0.1, 0.15) is 19.8 Å². The highest BCUT2D eigenvalue weighted by atomic mass is 16.5. The van der Waals surface area contributed by atoms with Gasteiger partial charge in [-0.25, -0.2) is 5.32 Å². The van der Waals surface area contributed by atoms with E-state index < -0.39 is 0 Å². The van der Waals surface area contributed by atoms with Crippen LogP contribution in [0.2, 0.25) is 0 Å². The fraction of sp³-hybridized carbons (Fsp3) is 0.875. The van der Waals surface area contributed by atoms with E-state index in [1.54, 1.807) is 0 Å². The Morgan fingerprint density at radius 3 is 3.09 bits per heavy atom. The molecule has 0 spiro atoms. The third kappa shape index (κ3) is 3.37. The summed E-state index contributed by atoms with van der Waals surface area (Å²) >= 11 is 0. The van der Waals surface area contributed by atoms with E-state index in [0.717, 1.165) is 25.9 Å². The Balaban J connectivity index is 2.09. The SMILES string of the molecule is CC(=O)OCC1CCC[N]C1. The summed E-state index contributed by atoms with van der Waals surface area (Å²) in [5.41, 5.74) is 0. The second kappa shape index (κ2) is 4.34. The standard InChI is InChI=1S/C8H14NO2/c1-7(10)11-6-8-3-2-4-9-5-8/h8H,2-6H2,1H3. The Kier molecular flexibility index (Phi) is 3.36. The molecule has 0 aromatic heterocycles. The molecule has 0 saturated carbocycles. The van der Waals surface area contributed by atoms with Gasteiger partial charge in [0.25, 0.3) is 0 Å². The van der Waals surface area contributed by atoms with Gasteiger partial charge in [-0.3, -0.25) is 4.79 Å². The minimum Gasteiger partial charge on any atom is -0.466 e. The maximum atomic E-state index is 10.4. The normalized spacial score (nSPS) is 24.6. The molecule has 0 aromatic carbocycles. The first-order valence-electron chi connectivity index (χ1n) is 4.05. The first-order valence-corrected chi connectivity index (χ1v) is 4.05. The molecule has 1 unspecified atom stereocenters. The highest BCUT2D eigenvalue weighted by Gasteiger charge is 2.14. The van der Waals surface area contributed by atoms with E-state index in [1.807, 2.05) is 0 Å². The fourth-order valence-electron chi connectivity index (χ4n) is 1.23. The van der Waals surface area contributed by atoms with Gasteiger partial charge >= 0.3 is 5.97 Å². The van der Waals surface area contributed by atoms with E-state index in [-0.39, 0.29) is 5.97 Å². The lowest BCUT2D eigenvalue weighted by molar-refractivity contribution is -0.142. The minimum atomic E-state index is -0.185. The van der Waals surface area contributed by atoms with E-state index in [4.69, 9.17) is 4.74 Å². The summed E-state index contributed by atoms with van der Waals surface area (Å²) in [4.78, 5) is 10.4. The number of nitrogens with zero attached hydrogens (tertiary/aromatic N) is 1. The van der Waals surface area contributed by atoms with Crippen LogP contribution in [-0.4, -0.2) is 25.7 Å². The van der Waals surface area contributed by atoms with Gasteiger partial charge in [0, 0.05) is 25.9 Å². The van der Waals surface area contributed by atoms with E-state index in [0.29, 0.717) is 12.5 Å². The Morgan fingerprint density at radius 2 is 2.55 bits per heavy atom. The maximum Gasteiger partial charge on any atom is 0.302 e. The molecule has 1 radical (unpaired) electrons. The predicted octanol–water partition coefficient (Wildman–Crippen LogP) is 0.564. The van der Waals surface area contributed by atoms with Crippen molar-refractivity contribution in [3.8, 4) is 0 Å². The molecule has 1 rings (SSSR count). The van der Waals surface area contributed by atoms with Gasteiger partial charge in [-0.15, -0.1) is 0 Å². The predicted molar refractivity (Wildman–Crippen MR) is 41.2 cm³/mol. The number of carbonyl (C=O) groups is 1. The van der Waals surface area contributed by atoms with Crippen molar-refractivity contribution in [1.29, 1.82) is 0 Å². The Hall–Kier alpha value is -0.570. The van der Waals surface area contributed by atoms with Crippen LogP contribution in [0.5, 0.6) is 0 Å². The molecule has 1 aliphatic rings. The summed E-state index contributed by atoms with van der Waals surface area (Å²) in [7, 11) is 0. The summed E-state index contributed by atoms with van der Waals surface area (Å²) in [6.45, 7) is 3.85. The van der Waals surface area contributed by atoms with Crippen molar-refractivity contribution in [2.75, 3.05) is 19.7 Å². The molecule has 1 heterocycles. The Bertz CT molecular complexity index is 130. The molecule has 3 heteroatoms. The van der Waals surface area contributed by atoms with E-state index in [2.05, 4.69) is 5.32 Å². The molecule has 0 N–H and O–H groups in total. The third-order valence-electron chi connectivity index (χ3n) is 1.84. The number of piperidine rings is 1. The van der Waals surface area contributed by atoms with Crippen molar-refractivity contribution in [3.05, 3.63) is 0 Å². The zero-order valence-electron chi connectivity index (χ0n) is 6.88. The van der Waals surface area contributed by atoms with Gasteiger partial charge in [-0.2, -0.15) is 0 Å². The summed E-state index contributed by atoms with van der Waals surface area (Å²) < 4.78 is 4.88. The number of esters is 1. The molecule has 3 nitrogen and oxygen atoms in total. The van der Waals surface area contributed by atoms with Crippen LogP contribution in [0, 0.1) is 5.92 Å². The zero-order valence-corrected chi connectivity index (χ0v) is 6.88. The molecule has 63 valence electrons. The van der Waals surface area contributed by atoms with E-state index in [9.17, 15) is 4.79 Å². The molecule has 11 heavy (non-hydrogen) atoms. The molecule has 1 atom stereocenters. The smallest absolute Gasteiger partial charge is 0.302 e. The van der Waals surface area contributed by atoms with Gasteiger partial charge in [0.2, 0.25) is 0 Å². The second-order valence-corrected chi connectivity index (χ2v) is 2.94. The number of hydrogen-bond acceptors (Lipinski definition) is 2. The fourth-order valence-corrected chi connectivity index (χ4v) is 1.23. The summed E-state index contributed by atoms with van der Waals surface area (Å²) in [5.74, 6) is 0.295. The molecule has 0 aromatic rings. The highest BCUT2D eigenvalue weighted by molar-refractivity contribution is 5.65. The summed E-state index contributed by atoms with van der Waals surface area (Å²) in [6.07, 6.45) is 2.29. The summed E-state index contributed by atoms with van der Waals surface area (Å²) in [6, 6.07) is 0. The van der Waals surface area contributed by atoms with Gasteiger partial charge < -0.3 is 4.74 Å². The number of rotatable bonds is 2. The van der Waals surface area contributed by atoms with Crippen LogP contribution < -0.4 is 5.32 Å². The summed E-state index contributed by atoms with van der Waals surface area (Å²) in [5, 5.41) is 4.25. The van der Waals surface area contributed by atoms with Gasteiger partial charge in [0.15, 0.2) is 0 Å². The van der Waals surface area contributed by atoms with Crippen molar-refractivity contribution >= 4 is 5.97 Å². The third-order valence-corrected chi connectivity index (χ3v) is 1.84. The van der Waals surface area contributed by atoms with Crippen LogP contribution in [0.15, 0.2) is 0 Å². The van der Waals surface area contributed by atoms with Crippen molar-refractivity contribution in [2.24, 2.45) is 5.92 Å². The Morgan fingerprint density at radius 1 is 1.73 bits per heavy atom. The van der Waals surface area contributed by atoms with Crippen LogP contribution >= 0.6 is 0 Å². The Labute approximate surface area is 67.1 Å². The number of hydrogen-bond donors (Lipinski definition) is 0. The molecule has 0 aliphatic carbocycles. The van der Waals surface area contributed by atoms with E-state index in [1.165, 1.54) is 6.92 Å². The number of ether oxygens (including phenoxy) is 1. The largest absolute Gasteiger partial charge is 0.466 e. The topological polar surface area (TPSA) is 40.4 Å². The van der Waals surface area contributed by atoms with Crippen LogP contribution in [0.4, 0.5) is 0 Å². The van der Waals surface area contributed by atoms with Crippen molar-refractivity contribution in [2.45, 2.75) is 19.8 Å². The van der Waals surface area contributed by atoms with Crippen molar-refractivity contribution in [1.82, 2.24) is 5.32 Å². The molecular weight excluding hydrogens is 142 g/mol. The van der Waals surface area contributed by atoms with E-state index >= 15 is 0 Å². The van der Waals surface area contributed by atoms with Crippen LogP contribution in [-0.2, 0) is 9.53 Å². The first kappa shape index (κ1) is 8.53. The van der Waals surface area contributed by atoms with Crippen LogP contribution in [0.25, 0.3) is 0 Å². The molecule has 0 amide bonds. The van der Waals surface area contributed by atoms with Gasteiger partial charge in [0.1, 0.15) is 0 Å². The zero-order chi connectivity index (χ0) is 8.10. The second-order valence-electron chi connectivity index (χ2n) is 2.94. The van der Waals surface area contributed by atoms with Gasteiger partial charge in [-0.05, 0) is 12.8 Å². The number of carbonyl (C=O) groups excluding carboxylic acids is 1. The quantitative estimate of drug-likeness (QED) is 0.548. The molecule has 1 aliphatic heterocycles. The lowest BCUT2D eigenvalue weighted by Crippen LogP contribution is -2.28. The average Bonchev–Trinajstić information content (AvgIpc) is 2.03. The lowest BCUT2D eigenvalue weighted by Gasteiger charge is -2.20. The molecule has 0 bridgehead atoms. The molecule has 1 fully saturated rings. The highest BCUT2D eigenvalue weighted by Crippen LogP contribution is 2.10. The van der Waals surface area contributed by atoms with Crippen LogP contribution in [0.3, 0.4) is 0 Å². The lowest BCUT2D eigenvalue weighted by atomic mass is 10.0. The average molecular weight is 156 g/mol. The molecular formula is C8H14NO2. The monoisotopic (exact) mass is 156 g/mol. The first-order chi connectivity index (χ1) is 5.29. The van der Waals surface area contributed by atoms with Gasteiger partial charge in [0.05, 0.1) is 6.61 Å². The van der Waals surface area contributed by atoms with Gasteiger partial charge in [-0.1, -0.05) is 0 Å². The molecule has 1 saturated heterocycles.